The van der Waals surface area contributed by atoms with Crippen LogP contribution in [0.2, 0.25) is 0 Å². The third-order valence-electron chi connectivity index (χ3n) is 2.94. The molecule has 0 aliphatic rings. The second-order valence-corrected chi connectivity index (χ2v) is 5.69. The van der Waals surface area contributed by atoms with Gasteiger partial charge in [0.25, 0.3) is 10.1 Å². The lowest BCUT2D eigenvalue weighted by Crippen LogP contribution is -1.99. The van der Waals surface area contributed by atoms with E-state index in [-0.39, 0.29) is 4.90 Å². The molecular weight excluding hydrogens is 248 g/mol. The summed E-state index contributed by atoms with van der Waals surface area (Å²) in [5, 5.41) is 0. The molecular formula is C14H14O3S. The molecule has 0 amide bonds. The third-order valence-corrected chi connectivity index (χ3v) is 3.79. The van der Waals surface area contributed by atoms with E-state index in [9.17, 15) is 8.42 Å². The Bertz CT molecular complexity index is 688. The number of hydrogen-bond acceptors (Lipinski definition) is 2. The lowest BCUT2D eigenvalue weighted by Gasteiger charge is -2.10. The van der Waals surface area contributed by atoms with Crippen LogP contribution in [0, 0.1) is 13.8 Å². The summed E-state index contributed by atoms with van der Waals surface area (Å²) in [4.78, 5) is -0.0775. The van der Waals surface area contributed by atoms with Crippen LogP contribution in [0.3, 0.4) is 0 Å². The second-order valence-electron chi connectivity index (χ2n) is 4.27. The minimum atomic E-state index is -4.16. The first-order valence-corrected chi connectivity index (χ1v) is 6.98. The first kappa shape index (κ1) is 12.8. The fourth-order valence-electron chi connectivity index (χ4n) is 1.93. The van der Waals surface area contributed by atoms with Gasteiger partial charge in [0.15, 0.2) is 0 Å². The summed E-state index contributed by atoms with van der Waals surface area (Å²) in [6, 6.07) is 12.4. The molecule has 0 unspecified atom stereocenters. The summed E-state index contributed by atoms with van der Waals surface area (Å²) in [6.45, 7) is 3.88. The summed E-state index contributed by atoms with van der Waals surface area (Å²) in [6.07, 6.45) is 0. The van der Waals surface area contributed by atoms with Crippen LogP contribution < -0.4 is 0 Å². The van der Waals surface area contributed by atoms with E-state index in [1.54, 1.807) is 6.07 Å². The van der Waals surface area contributed by atoms with Crippen LogP contribution in [0.4, 0.5) is 0 Å². The molecule has 2 aromatic carbocycles. The molecule has 0 atom stereocenters. The molecule has 2 rings (SSSR count). The molecule has 0 saturated heterocycles. The smallest absolute Gasteiger partial charge is 0.282 e. The molecule has 0 bridgehead atoms. The van der Waals surface area contributed by atoms with E-state index in [4.69, 9.17) is 4.55 Å². The lowest BCUT2D eigenvalue weighted by atomic mass is 9.97. The van der Waals surface area contributed by atoms with Crippen LogP contribution in [0.5, 0.6) is 0 Å². The summed E-state index contributed by atoms with van der Waals surface area (Å²) in [5.41, 5.74) is 3.83. The van der Waals surface area contributed by atoms with Gasteiger partial charge in [-0.25, -0.2) is 0 Å². The SMILES string of the molecule is Cc1ccccc1-c1cc(S(=O)(=O)O)ccc1C. The number of hydrogen-bond donors (Lipinski definition) is 1. The van der Waals surface area contributed by atoms with Gasteiger partial charge in [-0.15, -0.1) is 0 Å². The molecule has 0 heterocycles. The Morgan fingerprint density at radius 1 is 0.889 bits per heavy atom. The van der Waals surface area contributed by atoms with E-state index >= 15 is 0 Å². The topological polar surface area (TPSA) is 54.4 Å². The lowest BCUT2D eigenvalue weighted by molar-refractivity contribution is 0.483. The highest BCUT2D eigenvalue weighted by molar-refractivity contribution is 7.85. The first-order chi connectivity index (χ1) is 8.39. The van der Waals surface area contributed by atoms with E-state index in [0.29, 0.717) is 0 Å². The van der Waals surface area contributed by atoms with E-state index in [1.807, 2.05) is 38.1 Å². The highest BCUT2D eigenvalue weighted by Gasteiger charge is 2.13. The minimum Gasteiger partial charge on any atom is -0.282 e. The molecule has 94 valence electrons. The number of rotatable bonds is 2. The zero-order valence-corrected chi connectivity index (χ0v) is 11.0. The fraction of sp³-hybridized carbons (Fsp3) is 0.143. The van der Waals surface area contributed by atoms with Crippen LogP contribution in [-0.2, 0) is 10.1 Å². The predicted octanol–water partition coefficient (Wildman–Crippen LogP) is 3.22. The maximum absolute atomic E-state index is 11.2. The molecule has 0 aliphatic heterocycles. The van der Waals surface area contributed by atoms with Crippen molar-refractivity contribution >= 4 is 10.1 Å². The predicted molar refractivity (Wildman–Crippen MR) is 71.2 cm³/mol. The molecule has 0 aliphatic carbocycles. The zero-order valence-electron chi connectivity index (χ0n) is 10.2. The van der Waals surface area contributed by atoms with E-state index in [1.165, 1.54) is 12.1 Å². The van der Waals surface area contributed by atoms with Crippen molar-refractivity contribution in [2.45, 2.75) is 18.7 Å². The van der Waals surface area contributed by atoms with Crippen molar-refractivity contribution < 1.29 is 13.0 Å². The monoisotopic (exact) mass is 262 g/mol. The summed E-state index contributed by atoms with van der Waals surface area (Å²) >= 11 is 0. The quantitative estimate of drug-likeness (QED) is 0.845. The van der Waals surface area contributed by atoms with Crippen molar-refractivity contribution in [3.63, 3.8) is 0 Å². The molecule has 0 saturated carbocycles. The molecule has 18 heavy (non-hydrogen) atoms. The van der Waals surface area contributed by atoms with Gasteiger partial charge in [0.1, 0.15) is 0 Å². The summed E-state index contributed by atoms with van der Waals surface area (Å²) in [5.74, 6) is 0. The van der Waals surface area contributed by atoms with Gasteiger partial charge in [-0.05, 0) is 48.2 Å². The molecule has 0 fully saturated rings. The Kier molecular flexibility index (Phi) is 3.24. The van der Waals surface area contributed by atoms with Gasteiger partial charge in [0.2, 0.25) is 0 Å². The Hall–Kier alpha value is -1.65. The Balaban J connectivity index is 2.69. The third kappa shape index (κ3) is 2.44. The van der Waals surface area contributed by atoms with Crippen molar-refractivity contribution in [3.8, 4) is 11.1 Å². The first-order valence-electron chi connectivity index (χ1n) is 5.54. The van der Waals surface area contributed by atoms with Crippen LogP contribution >= 0.6 is 0 Å². The van der Waals surface area contributed by atoms with Gasteiger partial charge >= 0.3 is 0 Å². The fourth-order valence-corrected chi connectivity index (χ4v) is 2.43. The average molecular weight is 262 g/mol. The number of benzene rings is 2. The highest BCUT2D eigenvalue weighted by Crippen LogP contribution is 2.28. The van der Waals surface area contributed by atoms with Gasteiger partial charge in [-0.3, -0.25) is 4.55 Å². The minimum absolute atomic E-state index is 0.0775. The highest BCUT2D eigenvalue weighted by atomic mass is 32.2. The van der Waals surface area contributed by atoms with Crippen molar-refractivity contribution in [1.82, 2.24) is 0 Å². The Labute approximate surface area is 107 Å². The van der Waals surface area contributed by atoms with Gasteiger partial charge < -0.3 is 0 Å². The number of aryl methyl sites for hydroxylation is 2. The van der Waals surface area contributed by atoms with Crippen molar-refractivity contribution in [2.75, 3.05) is 0 Å². The van der Waals surface area contributed by atoms with E-state index < -0.39 is 10.1 Å². The van der Waals surface area contributed by atoms with Crippen molar-refractivity contribution in [1.29, 1.82) is 0 Å². The molecule has 1 N–H and O–H groups in total. The average Bonchev–Trinajstić information content (AvgIpc) is 2.29. The Morgan fingerprint density at radius 2 is 1.50 bits per heavy atom. The molecule has 3 nitrogen and oxygen atoms in total. The van der Waals surface area contributed by atoms with Gasteiger partial charge in [-0.2, -0.15) is 8.42 Å². The van der Waals surface area contributed by atoms with Crippen LogP contribution in [0.25, 0.3) is 11.1 Å². The maximum atomic E-state index is 11.2. The van der Waals surface area contributed by atoms with E-state index in [0.717, 1.165) is 22.3 Å². The molecule has 0 aromatic heterocycles. The largest absolute Gasteiger partial charge is 0.294 e. The maximum Gasteiger partial charge on any atom is 0.294 e. The van der Waals surface area contributed by atoms with Crippen LogP contribution in [0.15, 0.2) is 47.4 Å². The summed E-state index contributed by atoms with van der Waals surface area (Å²) < 4.78 is 31.4. The van der Waals surface area contributed by atoms with Crippen LogP contribution in [0.1, 0.15) is 11.1 Å². The molecule has 0 radical (unpaired) electrons. The van der Waals surface area contributed by atoms with Gasteiger partial charge in [-0.1, -0.05) is 30.3 Å². The van der Waals surface area contributed by atoms with E-state index in [2.05, 4.69) is 0 Å². The van der Waals surface area contributed by atoms with Gasteiger partial charge in [0, 0.05) is 0 Å². The van der Waals surface area contributed by atoms with Crippen molar-refractivity contribution in [3.05, 3.63) is 53.6 Å². The zero-order chi connectivity index (χ0) is 13.3. The van der Waals surface area contributed by atoms with Gasteiger partial charge in [0.05, 0.1) is 4.90 Å². The molecule has 2 aromatic rings. The standard InChI is InChI=1S/C14H14O3S/c1-10-5-3-4-6-13(10)14-9-12(18(15,16)17)8-7-11(14)2/h3-9H,1-2H3,(H,15,16,17). The van der Waals surface area contributed by atoms with Crippen LogP contribution in [-0.4, -0.2) is 13.0 Å². The Morgan fingerprint density at radius 3 is 2.11 bits per heavy atom. The molecule has 4 heteroatoms. The molecule has 0 spiro atoms. The second kappa shape index (κ2) is 4.55. The van der Waals surface area contributed by atoms with Crippen molar-refractivity contribution in [2.24, 2.45) is 0 Å². The normalized spacial score (nSPS) is 11.5. The summed E-state index contributed by atoms with van der Waals surface area (Å²) in [7, 11) is -4.16.